The lowest BCUT2D eigenvalue weighted by Gasteiger charge is -2.28. The van der Waals surface area contributed by atoms with E-state index in [1.807, 2.05) is 18.2 Å². The average Bonchev–Trinajstić information content (AvgIpc) is 3.77. The van der Waals surface area contributed by atoms with Crippen LogP contribution in [0.2, 0.25) is 0 Å². The van der Waals surface area contributed by atoms with Gasteiger partial charge in [-0.25, -0.2) is 9.97 Å². The Hall–Kier alpha value is -7.10. The maximum Gasteiger partial charge on any atom is 0.160 e. The van der Waals surface area contributed by atoms with Gasteiger partial charge in [0.1, 0.15) is 11.2 Å². The monoisotopic (exact) mass is 702 g/mol. The van der Waals surface area contributed by atoms with Crippen LogP contribution in [0.15, 0.2) is 192 Å². The molecule has 1 aliphatic rings. The zero-order valence-corrected chi connectivity index (χ0v) is 30.2. The molecule has 8 aromatic carbocycles. The molecule has 10 aromatic rings. The summed E-state index contributed by atoms with van der Waals surface area (Å²) >= 11 is 0. The third kappa shape index (κ3) is 4.97. The molecule has 0 radical (unpaired) electrons. The zero-order chi connectivity index (χ0) is 36.5. The predicted octanol–water partition coefficient (Wildman–Crippen LogP) is 13.5. The Morgan fingerprint density at radius 1 is 0.418 bits per heavy atom. The second-order valence-corrected chi connectivity index (χ2v) is 14.7. The quantitative estimate of drug-likeness (QED) is 0.179. The molecule has 0 spiro atoms. The first kappa shape index (κ1) is 31.4. The molecule has 1 atom stereocenters. The summed E-state index contributed by atoms with van der Waals surface area (Å²) in [5, 5.41) is 4.70. The van der Waals surface area contributed by atoms with Crippen molar-refractivity contribution in [2.24, 2.45) is 0 Å². The van der Waals surface area contributed by atoms with Crippen molar-refractivity contribution in [3.63, 3.8) is 0 Å². The van der Waals surface area contributed by atoms with Crippen LogP contribution in [-0.2, 0) is 5.41 Å². The standard InChI is InChI=1S/C52H34N2O/c1-52(39-15-6-3-7-16-39)44-19-11-10-18-41(44)42-27-24-38(31-45(42)52)47-32-46(53-51(54-47)36-13-4-2-5-14-36)35-22-20-33(21-23-35)37-26-28-48-43(30-37)50-40-17-9-8-12-34(40)25-29-49(50)55-48/h2-32H,1H3. The minimum absolute atomic E-state index is 0.296. The van der Waals surface area contributed by atoms with Crippen LogP contribution in [0, 0.1) is 0 Å². The van der Waals surface area contributed by atoms with E-state index in [4.69, 9.17) is 14.4 Å². The third-order valence-corrected chi connectivity index (χ3v) is 11.6. The number of furan rings is 1. The molecular formula is C52H34N2O. The highest BCUT2D eigenvalue weighted by Gasteiger charge is 2.40. The number of benzene rings is 8. The van der Waals surface area contributed by atoms with E-state index >= 15 is 0 Å². The zero-order valence-electron chi connectivity index (χ0n) is 30.2. The smallest absolute Gasteiger partial charge is 0.160 e. The summed E-state index contributed by atoms with van der Waals surface area (Å²) < 4.78 is 6.28. The van der Waals surface area contributed by atoms with E-state index in [-0.39, 0.29) is 5.41 Å². The summed E-state index contributed by atoms with van der Waals surface area (Å²) in [7, 11) is 0. The molecule has 0 saturated carbocycles. The van der Waals surface area contributed by atoms with Gasteiger partial charge >= 0.3 is 0 Å². The third-order valence-electron chi connectivity index (χ3n) is 11.6. The molecule has 3 nitrogen and oxygen atoms in total. The first-order valence-electron chi connectivity index (χ1n) is 18.8. The Labute approximate surface area is 319 Å². The Bertz CT molecular complexity index is 3090. The van der Waals surface area contributed by atoms with Gasteiger partial charge in [0.2, 0.25) is 0 Å². The molecule has 0 amide bonds. The molecule has 0 N–H and O–H groups in total. The Kier molecular flexibility index (Phi) is 6.99. The normalized spacial score (nSPS) is 14.7. The Morgan fingerprint density at radius 2 is 1.05 bits per heavy atom. The Balaban J connectivity index is 1.02. The number of rotatable bonds is 5. The van der Waals surface area contributed by atoms with Gasteiger partial charge in [-0.15, -0.1) is 0 Å². The molecule has 0 fully saturated rings. The van der Waals surface area contributed by atoms with Crippen LogP contribution in [0.1, 0.15) is 23.6 Å². The number of nitrogens with zero attached hydrogens (tertiary/aromatic N) is 2. The van der Waals surface area contributed by atoms with E-state index in [9.17, 15) is 0 Å². The van der Waals surface area contributed by atoms with Gasteiger partial charge in [0.05, 0.1) is 11.4 Å². The van der Waals surface area contributed by atoms with Gasteiger partial charge in [-0.1, -0.05) is 158 Å². The summed E-state index contributed by atoms with van der Waals surface area (Å²) in [6, 6.07) is 66.9. The molecule has 1 unspecified atom stereocenters. The molecular weight excluding hydrogens is 669 g/mol. The van der Waals surface area contributed by atoms with Crippen LogP contribution in [0.25, 0.3) is 88.9 Å². The number of hydrogen-bond acceptors (Lipinski definition) is 3. The van der Waals surface area contributed by atoms with Crippen molar-refractivity contribution in [1.82, 2.24) is 9.97 Å². The minimum Gasteiger partial charge on any atom is -0.456 e. The van der Waals surface area contributed by atoms with Crippen LogP contribution in [-0.4, -0.2) is 9.97 Å². The highest BCUT2D eigenvalue weighted by atomic mass is 16.3. The van der Waals surface area contributed by atoms with Gasteiger partial charge in [0.25, 0.3) is 0 Å². The SMILES string of the molecule is CC1(c2ccccc2)c2ccccc2-c2ccc(-c3cc(-c4ccc(-c5ccc6oc7ccc8ccccc8c7c6c5)cc4)nc(-c4ccccc4)n3)cc21. The lowest BCUT2D eigenvalue weighted by atomic mass is 9.74. The first-order valence-corrected chi connectivity index (χ1v) is 18.8. The van der Waals surface area contributed by atoms with E-state index in [1.165, 1.54) is 38.6 Å². The first-order chi connectivity index (χ1) is 27.1. The van der Waals surface area contributed by atoms with Gasteiger partial charge in [0, 0.05) is 32.9 Å². The summed E-state index contributed by atoms with van der Waals surface area (Å²) in [6.45, 7) is 2.36. The number of fused-ring (bicyclic) bond motifs is 8. The van der Waals surface area contributed by atoms with Crippen molar-refractivity contribution in [2.75, 3.05) is 0 Å². The van der Waals surface area contributed by atoms with E-state index < -0.39 is 0 Å². The largest absolute Gasteiger partial charge is 0.456 e. The van der Waals surface area contributed by atoms with Crippen LogP contribution < -0.4 is 0 Å². The minimum atomic E-state index is -0.296. The molecule has 2 aromatic heterocycles. The highest BCUT2D eigenvalue weighted by Crippen LogP contribution is 2.53. The summed E-state index contributed by atoms with van der Waals surface area (Å²) in [5.74, 6) is 0.705. The van der Waals surface area contributed by atoms with Gasteiger partial charge in [-0.05, 0) is 87.0 Å². The van der Waals surface area contributed by atoms with Gasteiger partial charge in [-0.3, -0.25) is 0 Å². The molecule has 0 aliphatic heterocycles. The number of hydrogen-bond donors (Lipinski definition) is 0. The summed E-state index contributed by atoms with van der Waals surface area (Å²) in [4.78, 5) is 10.4. The van der Waals surface area contributed by atoms with Crippen LogP contribution in [0.4, 0.5) is 0 Å². The predicted molar refractivity (Wildman–Crippen MR) is 226 cm³/mol. The topological polar surface area (TPSA) is 38.9 Å². The van der Waals surface area contributed by atoms with Crippen molar-refractivity contribution in [3.8, 4) is 56.2 Å². The fourth-order valence-electron chi connectivity index (χ4n) is 8.75. The van der Waals surface area contributed by atoms with E-state index in [1.54, 1.807) is 0 Å². The molecule has 55 heavy (non-hydrogen) atoms. The fourth-order valence-corrected chi connectivity index (χ4v) is 8.75. The lowest BCUT2D eigenvalue weighted by Crippen LogP contribution is -2.22. The van der Waals surface area contributed by atoms with Crippen LogP contribution >= 0.6 is 0 Å². The maximum absolute atomic E-state index is 6.28. The van der Waals surface area contributed by atoms with E-state index in [2.05, 4.69) is 177 Å². The van der Waals surface area contributed by atoms with Crippen molar-refractivity contribution in [3.05, 3.63) is 205 Å². The molecule has 0 saturated heterocycles. The molecule has 0 bridgehead atoms. The van der Waals surface area contributed by atoms with E-state index in [0.717, 1.165) is 61.1 Å². The summed E-state index contributed by atoms with van der Waals surface area (Å²) in [6.07, 6.45) is 0. The van der Waals surface area contributed by atoms with Gasteiger partial charge in [-0.2, -0.15) is 0 Å². The lowest BCUT2D eigenvalue weighted by molar-refractivity contribution is 0.669. The van der Waals surface area contributed by atoms with Crippen molar-refractivity contribution >= 4 is 32.7 Å². The van der Waals surface area contributed by atoms with Gasteiger partial charge in [0.15, 0.2) is 5.82 Å². The molecule has 1 aliphatic carbocycles. The molecule has 11 rings (SSSR count). The molecule has 2 heterocycles. The summed E-state index contributed by atoms with van der Waals surface area (Å²) in [5.41, 5.74) is 15.1. The highest BCUT2D eigenvalue weighted by molar-refractivity contribution is 6.19. The van der Waals surface area contributed by atoms with Gasteiger partial charge < -0.3 is 4.42 Å². The van der Waals surface area contributed by atoms with Crippen LogP contribution in [0.3, 0.4) is 0 Å². The van der Waals surface area contributed by atoms with Crippen LogP contribution in [0.5, 0.6) is 0 Å². The van der Waals surface area contributed by atoms with E-state index in [0.29, 0.717) is 5.82 Å². The number of aromatic nitrogens is 2. The molecule has 3 heteroatoms. The average molecular weight is 703 g/mol. The second kappa shape index (κ2) is 12.2. The molecule has 258 valence electrons. The van der Waals surface area contributed by atoms with Crippen molar-refractivity contribution < 1.29 is 4.42 Å². The second-order valence-electron chi connectivity index (χ2n) is 14.7. The van der Waals surface area contributed by atoms with Crippen molar-refractivity contribution in [1.29, 1.82) is 0 Å². The Morgan fingerprint density at radius 3 is 1.89 bits per heavy atom. The van der Waals surface area contributed by atoms with Crippen molar-refractivity contribution in [2.45, 2.75) is 12.3 Å². The maximum atomic E-state index is 6.28. The fraction of sp³-hybridized carbons (Fsp3) is 0.0385.